The Morgan fingerprint density at radius 2 is 1.64 bits per heavy atom. The molecule has 0 aliphatic carbocycles. The number of anilines is 1. The number of benzene rings is 2. The van der Waals surface area contributed by atoms with Crippen LogP contribution in [-0.4, -0.2) is 51.7 Å². The van der Waals surface area contributed by atoms with Gasteiger partial charge >= 0.3 is 0 Å². The number of carbonyl (C=O) groups excluding carboxylic acids is 1. The van der Waals surface area contributed by atoms with Gasteiger partial charge in [-0.25, -0.2) is 0 Å². The standard InChI is InChI=1S/C24H29N3O/c28-24(27-15-7-12-22-11-4-5-13-23(22)27)20-26-18-16-25(17-19-26)14-6-10-21-8-2-1-3-9-21/h1-6,8-11,13H,7,12,14-20H2/p+2/b10-6+. The molecule has 1 saturated heterocycles. The van der Waals surface area contributed by atoms with Crippen LogP contribution >= 0.6 is 0 Å². The first-order valence-electron chi connectivity index (χ1n) is 10.6. The number of rotatable bonds is 5. The topological polar surface area (TPSA) is 29.2 Å². The third-order valence-electron chi connectivity index (χ3n) is 5.99. The smallest absolute Gasteiger partial charge is 0.282 e. The number of hydrogen-bond acceptors (Lipinski definition) is 1. The minimum atomic E-state index is 0.287. The minimum Gasteiger partial charge on any atom is -0.322 e. The Morgan fingerprint density at radius 1 is 0.929 bits per heavy atom. The molecule has 0 aromatic heterocycles. The maximum Gasteiger partial charge on any atom is 0.282 e. The van der Waals surface area contributed by atoms with Crippen LogP contribution in [-0.2, 0) is 11.2 Å². The summed E-state index contributed by atoms with van der Waals surface area (Å²) in [7, 11) is 0. The zero-order valence-electron chi connectivity index (χ0n) is 16.6. The third-order valence-corrected chi connectivity index (χ3v) is 5.99. The lowest BCUT2D eigenvalue weighted by atomic mass is 10.0. The highest BCUT2D eigenvalue weighted by Gasteiger charge is 2.28. The van der Waals surface area contributed by atoms with Gasteiger partial charge in [-0.1, -0.05) is 54.6 Å². The van der Waals surface area contributed by atoms with Crippen molar-refractivity contribution in [1.29, 1.82) is 0 Å². The molecule has 0 saturated carbocycles. The first-order chi connectivity index (χ1) is 13.8. The van der Waals surface area contributed by atoms with E-state index in [9.17, 15) is 4.79 Å². The SMILES string of the molecule is O=C(C[NH+]1CC[NH+](C/C=C/c2ccccc2)CC1)N1CCCc2ccccc21. The molecule has 2 aromatic carbocycles. The molecule has 2 aromatic rings. The highest BCUT2D eigenvalue weighted by molar-refractivity contribution is 5.95. The average molecular weight is 378 g/mol. The number of carbonyl (C=O) groups is 1. The number of nitrogens with zero attached hydrogens (tertiary/aromatic N) is 1. The molecule has 0 spiro atoms. The van der Waals surface area contributed by atoms with Crippen LogP contribution in [0, 0.1) is 0 Å². The van der Waals surface area contributed by atoms with Crippen LogP contribution in [0.5, 0.6) is 0 Å². The van der Waals surface area contributed by atoms with Gasteiger partial charge in [0.1, 0.15) is 26.2 Å². The second-order valence-electron chi connectivity index (χ2n) is 7.97. The lowest BCUT2D eigenvalue weighted by Gasteiger charge is -2.32. The molecule has 4 heteroatoms. The van der Waals surface area contributed by atoms with E-state index in [1.54, 1.807) is 4.90 Å². The summed E-state index contributed by atoms with van der Waals surface area (Å²) in [6.07, 6.45) is 6.66. The molecule has 1 fully saturated rings. The molecule has 146 valence electrons. The molecule has 2 aliphatic rings. The third kappa shape index (κ3) is 4.70. The molecule has 1 amide bonds. The van der Waals surface area contributed by atoms with Crippen molar-refractivity contribution in [3.05, 3.63) is 71.8 Å². The van der Waals surface area contributed by atoms with E-state index in [-0.39, 0.29) is 5.91 Å². The Bertz CT molecular complexity index is 810. The van der Waals surface area contributed by atoms with Crippen molar-refractivity contribution in [1.82, 2.24) is 0 Å². The lowest BCUT2D eigenvalue weighted by Crippen LogP contribution is -3.28. The fraction of sp³-hybridized carbons (Fsp3) is 0.375. The lowest BCUT2D eigenvalue weighted by molar-refractivity contribution is -1.01. The van der Waals surface area contributed by atoms with Gasteiger partial charge < -0.3 is 14.7 Å². The van der Waals surface area contributed by atoms with Gasteiger partial charge in [0.2, 0.25) is 0 Å². The molecule has 4 nitrogen and oxygen atoms in total. The molecule has 4 rings (SSSR count). The predicted molar refractivity (Wildman–Crippen MR) is 114 cm³/mol. The molecular weight excluding hydrogens is 346 g/mol. The van der Waals surface area contributed by atoms with Crippen molar-refractivity contribution in [3.8, 4) is 0 Å². The second kappa shape index (κ2) is 9.18. The highest BCUT2D eigenvalue weighted by atomic mass is 16.2. The Hall–Kier alpha value is -2.43. The number of quaternary nitrogens is 2. The number of nitrogens with one attached hydrogen (secondary N) is 2. The van der Waals surface area contributed by atoms with E-state index in [0.29, 0.717) is 6.54 Å². The van der Waals surface area contributed by atoms with E-state index in [0.717, 1.165) is 57.8 Å². The Morgan fingerprint density at radius 3 is 2.46 bits per heavy atom. The van der Waals surface area contributed by atoms with Crippen LogP contribution in [0.1, 0.15) is 17.5 Å². The van der Waals surface area contributed by atoms with E-state index in [2.05, 4.69) is 54.6 Å². The van der Waals surface area contributed by atoms with Crippen molar-refractivity contribution in [3.63, 3.8) is 0 Å². The second-order valence-corrected chi connectivity index (χ2v) is 7.97. The summed E-state index contributed by atoms with van der Waals surface area (Å²) in [6, 6.07) is 18.9. The van der Waals surface area contributed by atoms with Gasteiger partial charge in [-0.2, -0.15) is 0 Å². The van der Waals surface area contributed by atoms with Gasteiger partial charge in [-0.05, 0) is 36.1 Å². The van der Waals surface area contributed by atoms with Crippen molar-refractivity contribution in [2.24, 2.45) is 0 Å². The average Bonchev–Trinajstić information content (AvgIpc) is 2.75. The maximum absolute atomic E-state index is 12.9. The summed E-state index contributed by atoms with van der Waals surface area (Å²) in [6.45, 7) is 6.99. The summed E-state index contributed by atoms with van der Waals surface area (Å²) in [4.78, 5) is 18.0. The zero-order chi connectivity index (χ0) is 19.2. The van der Waals surface area contributed by atoms with Gasteiger partial charge in [0.05, 0.1) is 6.54 Å². The number of amides is 1. The molecule has 2 N–H and O–H groups in total. The monoisotopic (exact) mass is 377 g/mol. The largest absolute Gasteiger partial charge is 0.322 e. The van der Waals surface area contributed by atoms with Crippen LogP contribution in [0.2, 0.25) is 0 Å². The summed E-state index contributed by atoms with van der Waals surface area (Å²) < 4.78 is 0. The fourth-order valence-electron chi connectivity index (χ4n) is 4.37. The number of piperazine rings is 1. The van der Waals surface area contributed by atoms with Crippen LogP contribution in [0.3, 0.4) is 0 Å². The Labute approximate surface area is 168 Å². The highest BCUT2D eigenvalue weighted by Crippen LogP contribution is 2.26. The van der Waals surface area contributed by atoms with Crippen molar-refractivity contribution in [2.75, 3.05) is 50.7 Å². The first-order valence-corrected chi connectivity index (χ1v) is 10.6. The fourth-order valence-corrected chi connectivity index (χ4v) is 4.37. The number of fused-ring (bicyclic) bond motifs is 1. The quantitative estimate of drug-likeness (QED) is 0.779. The van der Waals surface area contributed by atoms with Gasteiger partial charge in [0.25, 0.3) is 5.91 Å². The van der Waals surface area contributed by atoms with Crippen molar-refractivity contribution < 1.29 is 14.6 Å². The summed E-state index contributed by atoms with van der Waals surface area (Å²) in [5.41, 5.74) is 3.71. The molecule has 0 unspecified atom stereocenters. The summed E-state index contributed by atoms with van der Waals surface area (Å²) in [5.74, 6) is 0.287. The number of hydrogen-bond donors (Lipinski definition) is 2. The van der Waals surface area contributed by atoms with E-state index >= 15 is 0 Å². The Kier molecular flexibility index (Phi) is 6.20. The molecule has 0 atom stereocenters. The normalized spacial score (nSPS) is 22.2. The molecule has 0 radical (unpaired) electrons. The van der Waals surface area contributed by atoms with E-state index in [1.807, 2.05) is 17.0 Å². The van der Waals surface area contributed by atoms with E-state index in [1.165, 1.54) is 16.0 Å². The van der Waals surface area contributed by atoms with Gasteiger partial charge in [-0.3, -0.25) is 4.79 Å². The summed E-state index contributed by atoms with van der Waals surface area (Å²) in [5, 5.41) is 0. The van der Waals surface area contributed by atoms with Crippen LogP contribution in [0.15, 0.2) is 60.7 Å². The number of para-hydroxylation sites is 1. The molecule has 28 heavy (non-hydrogen) atoms. The van der Waals surface area contributed by atoms with Crippen molar-refractivity contribution >= 4 is 17.7 Å². The van der Waals surface area contributed by atoms with Crippen LogP contribution in [0.25, 0.3) is 6.08 Å². The predicted octanol–water partition coefficient (Wildman–Crippen LogP) is 0.463. The minimum absolute atomic E-state index is 0.287. The van der Waals surface area contributed by atoms with Gasteiger partial charge in [0.15, 0.2) is 6.54 Å². The number of aryl methyl sites for hydroxylation is 1. The van der Waals surface area contributed by atoms with Gasteiger partial charge in [-0.15, -0.1) is 0 Å². The van der Waals surface area contributed by atoms with Crippen molar-refractivity contribution in [2.45, 2.75) is 12.8 Å². The van der Waals surface area contributed by atoms with E-state index < -0.39 is 0 Å². The zero-order valence-corrected chi connectivity index (χ0v) is 16.6. The van der Waals surface area contributed by atoms with Crippen LogP contribution in [0.4, 0.5) is 5.69 Å². The molecule has 0 bridgehead atoms. The maximum atomic E-state index is 12.9. The van der Waals surface area contributed by atoms with Gasteiger partial charge in [0, 0.05) is 12.2 Å². The first kappa shape index (κ1) is 18.9. The summed E-state index contributed by atoms with van der Waals surface area (Å²) >= 11 is 0. The molecular formula is C24H31N3O+2. The Balaban J connectivity index is 1.25. The molecule has 2 aliphatic heterocycles. The van der Waals surface area contributed by atoms with Crippen LogP contribution < -0.4 is 14.7 Å². The van der Waals surface area contributed by atoms with E-state index in [4.69, 9.17) is 0 Å². The molecule has 2 heterocycles.